The highest BCUT2D eigenvalue weighted by atomic mass is 35.5. The van der Waals surface area contributed by atoms with Crippen LogP contribution in [0.2, 0.25) is 10.0 Å². The lowest BCUT2D eigenvalue weighted by Gasteiger charge is -2.30. The van der Waals surface area contributed by atoms with Crippen LogP contribution in [0.15, 0.2) is 42.5 Å². The molecule has 7 nitrogen and oxygen atoms in total. The van der Waals surface area contributed by atoms with Crippen molar-refractivity contribution in [2.24, 2.45) is 0 Å². The van der Waals surface area contributed by atoms with E-state index in [0.29, 0.717) is 22.2 Å². The van der Waals surface area contributed by atoms with Crippen molar-refractivity contribution in [3.63, 3.8) is 0 Å². The van der Waals surface area contributed by atoms with Crippen LogP contribution < -0.4 is 5.32 Å². The third kappa shape index (κ3) is 7.12. The van der Waals surface area contributed by atoms with E-state index in [1.54, 1.807) is 35.2 Å². The summed E-state index contributed by atoms with van der Waals surface area (Å²) in [6.07, 6.45) is 0.458. The molecule has 2 aromatic rings. The van der Waals surface area contributed by atoms with Crippen molar-refractivity contribution >= 4 is 52.5 Å². The quantitative estimate of drug-likeness (QED) is 0.390. The number of nitrogens with one attached hydrogen (secondary N) is 1. The second-order valence-corrected chi connectivity index (χ2v) is 8.52. The molecule has 0 saturated heterocycles. The molecule has 166 valence electrons. The van der Waals surface area contributed by atoms with Crippen molar-refractivity contribution in [2.75, 3.05) is 12.8 Å². The van der Waals surface area contributed by atoms with Gasteiger partial charge in [0, 0.05) is 31.5 Å². The number of carbonyl (C=O) groups excluding carboxylic acids is 2. The molecule has 0 aromatic heterocycles. The minimum Gasteiger partial charge on any atom is -0.357 e. The van der Waals surface area contributed by atoms with E-state index in [1.165, 1.54) is 30.9 Å². The summed E-state index contributed by atoms with van der Waals surface area (Å²) >= 11 is 13.5. The van der Waals surface area contributed by atoms with Crippen molar-refractivity contribution < 1.29 is 14.5 Å². The van der Waals surface area contributed by atoms with Crippen molar-refractivity contribution in [1.82, 2.24) is 10.2 Å². The molecule has 0 unspecified atom stereocenters. The van der Waals surface area contributed by atoms with Crippen LogP contribution in [-0.2, 0) is 21.9 Å². The number of halogens is 2. The Labute approximate surface area is 195 Å². The molecule has 2 amide bonds. The van der Waals surface area contributed by atoms with Crippen LogP contribution in [0.5, 0.6) is 0 Å². The molecule has 0 spiro atoms. The van der Waals surface area contributed by atoms with E-state index in [-0.39, 0.29) is 29.8 Å². The fourth-order valence-electron chi connectivity index (χ4n) is 2.97. The van der Waals surface area contributed by atoms with Gasteiger partial charge in [-0.05, 0) is 29.7 Å². The summed E-state index contributed by atoms with van der Waals surface area (Å²) in [5, 5.41) is 14.2. The number of hydrogen-bond acceptors (Lipinski definition) is 5. The van der Waals surface area contributed by atoms with E-state index in [4.69, 9.17) is 23.2 Å². The van der Waals surface area contributed by atoms with Gasteiger partial charge in [0.25, 0.3) is 5.69 Å². The Morgan fingerprint density at radius 1 is 1.13 bits per heavy atom. The van der Waals surface area contributed by atoms with Gasteiger partial charge in [-0.15, -0.1) is 11.8 Å². The van der Waals surface area contributed by atoms with Gasteiger partial charge in [-0.2, -0.15) is 0 Å². The van der Waals surface area contributed by atoms with E-state index >= 15 is 0 Å². The van der Waals surface area contributed by atoms with E-state index in [0.717, 1.165) is 11.1 Å². The monoisotopic (exact) mass is 483 g/mol. The van der Waals surface area contributed by atoms with Crippen LogP contribution in [0.3, 0.4) is 0 Å². The van der Waals surface area contributed by atoms with Crippen LogP contribution in [-0.4, -0.2) is 40.5 Å². The average Bonchev–Trinajstić information content (AvgIpc) is 2.76. The van der Waals surface area contributed by atoms with Gasteiger partial charge < -0.3 is 10.2 Å². The number of benzene rings is 2. The lowest BCUT2D eigenvalue weighted by atomic mass is 10.1. The summed E-state index contributed by atoms with van der Waals surface area (Å²) in [5.41, 5.74) is 1.66. The second-order valence-electron chi connectivity index (χ2n) is 6.72. The minimum atomic E-state index is -0.619. The van der Waals surface area contributed by atoms with Crippen LogP contribution in [0, 0.1) is 10.1 Å². The van der Waals surface area contributed by atoms with Crippen molar-refractivity contribution in [3.8, 4) is 0 Å². The highest BCUT2D eigenvalue weighted by Gasteiger charge is 2.28. The number of likely N-dealkylation sites (N-methyl/N-ethyl adjacent to an activating group) is 1. The fourth-order valence-corrected chi connectivity index (χ4v) is 4.17. The number of nitro groups is 1. The van der Waals surface area contributed by atoms with Crippen LogP contribution in [0.25, 0.3) is 0 Å². The minimum absolute atomic E-state index is 0.0222. The Morgan fingerprint density at radius 3 is 2.32 bits per heavy atom. The van der Waals surface area contributed by atoms with E-state index in [1.807, 2.05) is 6.92 Å². The molecule has 0 fully saturated rings. The molecular formula is C21H23Cl2N3O4S. The number of rotatable bonds is 10. The number of hydrogen-bond donors (Lipinski definition) is 1. The zero-order valence-electron chi connectivity index (χ0n) is 17.1. The molecule has 2 rings (SSSR count). The topological polar surface area (TPSA) is 92.6 Å². The molecule has 1 atom stereocenters. The maximum absolute atomic E-state index is 13.0. The molecule has 0 aliphatic rings. The van der Waals surface area contributed by atoms with Gasteiger partial charge in [-0.3, -0.25) is 19.7 Å². The third-order valence-electron chi connectivity index (χ3n) is 4.61. The predicted octanol–water partition coefficient (Wildman–Crippen LogP) is 4.69. The third-order valence-corrected chi connectivity index (χ3v) is 6.34. The van der Waals surface area contributed by atoms with E-state index in [9.17, 15) is 19.7 Å². The Hall–Kier alpha value is -2.29. The molecule has 0 radical (unpaired) electrons. The summed E-state index contributed by atoms with van der Waals surface area (Å²) in [7, 11) is 1.54. The van der Waals surface area contributed by atoms with Crippen molar-refractivity contribution in [1.29, 1.82) is 0 Å². The first-order valence-electron chi connectivity index (χ1n) is 9.52. The number of non-ortho nitro benzene ring substituents is 1. The standard InChI is InChI=1S/C21H23Cl2N3O4S/c1-3-19(21(28)24-2)25(11-15-6-9-17(22)18(23)10-15)20(27)13-31-12-14-4-7-16(8-5-14)26(29)30/h4-10,19H,3,11-13H2,1-2H3,(H,24,28)/t19-/m0/s1. The Morgan fingerprint density at radius 2 is 1.77 bits per heavy atom. The van der Waals surface area contributed by atoms with Gasteiger partial charge in [0.05, 0.1) is 20.7 Å². The lowest BCUT2D eigenvalue weighted by Crippen LogP contribution is -2.48. The Bertz CT molecular complexity index is 941. The SMILES string of the molecule is CC[C@@H](C(=O)NC)N(Cc1ccc(Cl)c(Cl)c1)C(=O)CSCc1ccc([N+](=O)[O-])cc1. The number of nitro benzene ring substituents is 1. The largest absolute Gasteiger partial charge is 0.357 e. The summed E-state index contributed by atoms with van der Waals surface area (Å²) < 4.78 is 0. The summed E-state index contributed by atoms with van der Waals surface area (Å²) in [5.74, 6) is 0.247. The second kappa shape index (κ2) is 11.9. The van der Waals surface area contributed by atoms with E-state index < -0.39 is 11.0 Å². The fraction of sp³-hybridized carbons (Fsp3) is 0.333. The summed E-state index contributed by atoms with van der Waals surface area (Å²) in [6, 6.07) is 10.7. The van der Waals surface area contributed by atoms with Gasteiger partial charge >= 0.3 is 0 Å². The molecule has 0 aliphatic heterocycles. The molecule has 0 saturated carbocycles. The zero-order valence-corrected chi connectivity index (χ0v) is 19.5. The number of amides is 2. The molecule has 10 heteroatoms. The first kappa shape index (κ1) is 25.0. The van der Waals surface area contributed by atoms with Gasteiger partial charge in [0.15, 0.2) is 0 Å². The molecule has 0 heterocycles. The maximum atomic E-state index is 13.0. The number of carbonyl (C=O) groups is 2. The predicted molar refractivity (Wildman–Crippen MR) is 124 cm³/mol. The van der Waals surface area contributed by atoms with Gasteiger partial charge in [0.2, 0.25) is 11.8 Å². The maximum Gasteiger partial charge on any atom is 0.269 e. The highest BCUT2D eigenvalue weighted by molar-refractivity contribution is 7.99. The van der Waals surface area contributed by atoms with Crippen LogP contribution in [0.1, 0.15) is 24.5 Å². The zero-order chi connectivity index (χ0) is 23.0. The smallest absolute Gasteiger partial charge is 0.269 e. The lowest BCUT2D eigenvalue weighted by molar-refractivity contribution is -0.384. The first-order chi connectivity index (χ1) is 14.8. The molecule has 1 N–H and O–H groups in total. The summed E-state index contributed by atoms with van der Waals surface area (Å²) in [4.78, 5) is 37.2. The van der Waals surface area contributed by atoms with Gasteiger partial charge in [-0.25, -0.2) is 0 Å². The Kier molecular flexibility index (Phi) is 9.61. The van der Waals surface area contributed by atoms with Gasteiger partial charge in [-0.1, -0.05) is 48.3 Å². The average molecular weight is 484 g/mol. The van der Waals surface area contributed by atoms with Crippen molar-refractivity contribution in [2.45, 2.75) is 31.7 Å². The molecular weight excluding hydrogens is 461 g/mol. The van der Waals surface area contributed by atoms with Gasteiger partial charge in [0.1, 0.15) is 6.04 Å². The van der Waals surface area contributed by atoms with Crippen molar-refractivity contribution in [3.05, 3.63) is 73.8 Å². The van der Waals surface area contributed by atoms with E-state index in [2.05, 4.69) is 5.32 Å². The highest BCUT2D eigenvalue weighted by Crippen LogP contribution is 2.25. The molecule has 0 bridgehead atoms. The first-order valence-corrected chi connectivity index (χ1v) is 11.4. The molecule has 0 aliphatic carbocycles. The van der Waals surface area contributed by atoms with Crippen LogP contribution in [0.4, 0.5) is 5.69 Å². The number of nitrogens with zero attached hydrogens (tertiary/aromatic N) is 2. The molecule has 31 heavy (non-hydrogen) atoms. The normalized spacial score (nSPS) is 11.6. The molecule has 2 aromatic carbocycles. The Balaban J connectivity index is 2.10. The summed E-state index contributed by atoms with van der Waals surface area (Å²) in [6.45, 7) is 2.07. The van der Waals surface area contributed by atoms with Crippen LogP contribution >= 0.6 is 35.0 Å². The number of thioether (sulfide) groups is 1.